The van der Waals surface area contributed by atoms with Crippen molar-refractivity contribution in [2.24, 2.45) is 0 Å². The van der Waals surface area contributed by atoms with Gasteiger partial charge in [-0.2, -0.15) is 0 Å². The predicted molar refractivity (Wildman–Crippen MR) is 89.6 cm³/mol. The van der Waals surface area contributed by atoms with Crippen molar-refractivity contribution in [3.63, 3.8) is 0 Å². The van der Waals surface area contributed by atoms with Crippen molar-refractivity contribution in [1.82, 2.24) is 13.9 Å². The zero-order chi connectivity index (χ0) is 16.4. The van der Waals surface area contributed by atoms with E-state index in [1.165, 1.54) is 4.57 Å². The van der Waals surface area contributed by atoms with Gasteiger partial charge in [0, 0.05) is 29.5 Å². The molecule has 4 rings (SSSR count). The molecule has 1 aromatic carbocycles. The first-order valence-corrected chi connectivity index (χ1v) is 8.62. The van der Waals surface area contributed by atoms with Gasteiger partial charge < -0.3 is 4.74 Å². The van der Waals surface area contributed by atoms with Gasteiger partial charge in [0.25, 0.3) is 0 Å². The van der Waals surface area contributed by atoms with Crippen LogP contribution in [0, 0.1) is 0 Å². The predicted octanol–water partition coefficient (Wildman–Crippen LogP) is 2.07. The molecule has 0 spiro atoms. The van der Waals surface area contributed by atoms with Crippen LogP contribution in [0.25, 0.3) is 5.69 Å². The van der Waals surface area contributed by atoms with Crippen LogP contribution in [0.2, 0.25) is 0 Å². The van der Waals surface area contributed by atoms with Crippen molar-refractivity contribution in [3.8, 4) is 11.4 Å². The molecule has 0 radical (unpaired) electrons. The lowest BCUT2D eigenvalue weighted by atomic mass is 10.0. The lowest BCUT2D eigenvalue weighted by molar-refractivity contribution is 0.138. The molecular formula is C16H18BrN3O3. The summed E-state index contributed by atoms with van der Waals surface area (Å²) in [6, 6.07) is 3.66. The van der Waals surface area contributed by atoms with Crippen molar-refractivity contribution in [1.29, 1.82) is 0 Å². The van der Waals surface area contributed by atoms with E-state index in [0.717, 1.165) is 29.3 Å². The minimum absolute atomic E-state index is 0.285. The van der Waals surface area contributed by atoms with Gasteiger partial charge in [-0.05, 0) is 38.8 Å². The van der Waals surface area contributed by atoms with Gasteiger partial charge in [-0.3, -0.25) is 0 Å². The molecular weight excluding hydrogens is 362 g/mol. The lowest BCUT2D eigenvalue weighted by Crippen LogP contribution is -2.30. The second-order valence-corrected chi connectivity index (χ2v) is 7.62. The quantitative estimate of drug-likeness (QED) is 0.761. The Bertz CT molecular complexity index is 882. The Morgan fingerprint density at radius 2 is 1.70 bits per heavy atom. The molecule has 0 amide bonds. The first-order valence-electron chi connectivity index (χ1n) is 7.82. The Balaban J connectivity index is 1.99. The second kappa shape index (κ2) is 4.87. The van der Waals surface area contributed by atoms with E-state index < -0.39 is 0 Å². The van der Waals surface area contributed by atoms with Gasteiger partial charge in [-0.1, -0.05) is 15.9 Å². The summed E-state index contributed by atoms with van der Waals surface area (Å²) in [4.78, 5) is 25.4. The maximum atomic E-state index is 12.7. The summed E-state index contributed by atoms with van der Waals surface area (Å²) in [5.41, 5.74) is 0.631. The van der Waals surface area contributed by atoms with E-state index in [1.807, 2.05) is 19.9 Å². The molecule has 7 heteroatoms. The number of hydrogen-bond acceptors (Lipinski definition) is 3. The summed E-state index contributed by atoms with van der Waals surface area (Å²) in [6.07, 6.45) is 2.58. The highest BCUT2D eigenvalue weighted by Crippen LogP contribution is 2.42. The van der Waals surface area contributed by atoms with Crippen molar-refractivity contribution in [2.45, 2.75) is 51.8 Å². The van der Waals surface area contributed by atoms with E-state index in [2.05, 4.69) is 15.9 Å². The molecule has 0 aliphatic carbocycles. The third kappa shape index (κ3) is 2.13. The standard InChI is InChI=1S/C16H18BrN3O3/c1-16(2)9-10-11(17)5-6-12(13(10)23-16)20-14(21)18-7-3-4-8-19(18)15(20)22/h5-6H,3-4,7-9H2,1-2H3. The zero-order valence-electron chi connectivity index (χ0n) is 13.1. The van der Waals surface area contributed by atoms with Gasteiger partial charge in [-0.25, -0.2) is 23.5 Å². The van der Waals surface area contributed by atoms with E-state index in [9.17, 15) is 9.59 Å². The van der Waals surface area contributed by atoms with E-state index >= 15 is 0 Å². The largest absolute Gasteiger partial charge is 0.485 e. The van der Waals surface area contributed by atoms with Crippen molar-refractivity contribution in [3.05, 3.63) is 43.1 Å². The molecule has 2 aromatic rings. The van der Waals surface area contributed by atoms with Gasteiger partial charge in [0.05, 0.1) is 5.69 Å². The Labute approximate surface area is 141 Å². The van der Waals surface area contributed by atoms with E-state index in [4.69, 9.17) is 4.74 Å². The molecule has 23 heavy (non-hydrogen) atoms. The fraction of sp³-hybridized carbons (Fsp3) is 0.500. The number of fused-ring (bicyclic) bond motifs is 2. The van der Waals surface area contributed by atoms with Crippen LogP contribution < -0.4 is 16.1 Å². The molecule has 0 unspecified atom stereocenters. The summed E-state index contributed by atoms with van der Waals surface area (Å²) in [5.74, 6) is 0.632. The van der Waals surface area contributed by atoms with Crippen molar-refractivity contribution in [2.75, 3.05) is 0 Å². The van der Waals surface area contributed by atoms with Crippen LogP contribution in [-0.2, 0) is 19.5 Å². The molecule has 3 heterocycles. The van der Waals surface area contributed by atoms with Crippen molar-refractivity contribution < 1.29 is 4.74 Å². The van der Waals surface area contributed by atoms with Crippen LogP contribution in [0.4, 0.5) is 0 Å². The van der Waals surface area contributed by atoms with Crippen LogP contribution in [0.5, 0.6) is 5.75 Å². The average molecular weight is 380 g/mol. The number of halogens is 1. The highest BCUT2D eigenvalue weighted by atomic mass is 79.9. The topological polar surface area (TPSA) is 58.2 Å². The van der Waals surface area contributed by atoms with Gasteiger partial charge in [0.15, 0.2) is 0 Å². The zero-order valence-corrected chi connectivity index (χ0v) is 14.7. The number of nitrogens with zero attached hydrogens (tertiary/aromatic N) is 3. The third-order valence-electron chi connectivity index (χ3n) is 4.51. The van der Waals surface area contributed by atoms with Crippen LogP contribution in [-0.4, -0.2) is 19.5 Å². The minimum atomic E-state index is -0.347. The minimum Gasteiger partial charge on any atom is -0.485 e. The lowest BCUT2D eigenvalue weighted by Gasteiger charge is -2.17. The Morgan fingerprint density at radius 3 is 2.30 bits per heavy atom. The third-order valence-corrected chi connectivity index (χ3v) is 5.25. The van der Waals surface area contributed by atoms with E-state index in [1.54, 1.807) is 15.4 Å². The molecule has 6 nitrogen and oxygen atoms in total. The molecule has 0 N–H and O–H groups in total. The average Bonchev–Trinajstić information content (AvgIpc) is 2.97. The van der Waals surface area contributed by atoms with Gasteiger partial charge in [0.1, 0.15) is 11.4 Å². The molecule has 0 fully saturated rings. The van der Waals surface area contributed by atoms with Crippen LogP contribution >= 0.6 is 15.9 Å². The van der Waals surface area contributed by atoms with Gasteiger partial charge in [-0.15, -0.1) is 0 Å². The molecule has 0 saturated carbocycles. The summed E-state index contributed by atoms with van der Waals surface area (Å²) >= 11 is 3.54. The highest BCUT2D eigenvalue weighted by Gasteiger charge is 2.35. The van der Waals surface area contributed by atoms with Gasteiger partial charge >= 0.3 is 11.4 Å². The number of benzene rings is 1. The maximum Gasteiger partial charge on any atom is 0.351 e. The van der Waals surface area contributed by atoms with E-state index in [-0.39, 0.29) is 17.0 Å². The highest BCUT2D eigenvalue weighted by molar-refractivity contribution is 9.10. The Hall–Kier alpha value is -1.76. The monoisotopic (exact) mass is 379 g/mol. The number of hydrogen-bond donors (Lipinski definition) is 0. The molecule has 0 saturated heterocycles. The summed E-state index contributed by atoms with van der Waals surface area (Å²) in [6.45, 7) is 5.19. The number of aromatic nitrogens is 3. The smallest absolute Gasteiger partial charge is 0.351 e. The van der Waals surface area contributed by atoms with Crippen LogP contribution in [0.3, 0.4) is 0 Å². The molecule has 0 atom stereocenters. The molecule has 122 valence electrons. The summed E-state index contributed by atoms with van der Waals surface area (Å²) < 4.78 is 11.3. The van der Waals surface area contributed by atoms with Crippen LogP contribution in [0.15, 0.2) is 26.2 Å². The van der Waals surface area contributed by atoms with Crippen LogP contribution in [0.1, 0.15) is 32.3 Å². The Morgan fingerprint density at radius 1 is 1.09 bits per heavy atom. The Kier molecular flexibility index (Phi) is 3.13. The first-order chi connectivity index (χ1) is 10.9. The number of rotatable bonds is 1. The summed E-state index contributed by atoms with van der Waals surface area (Å²) in [5, 5.41) is 0. The molecule has 2 aliphatic rings. The first kappa shape index (κ1) is 14.8. The maximum absolute atomic E-state index is 12.7. The van der Waals surface area contributed by atoms with Gasteiger partial charge in [0.2, 0.25) is 0 Å². The fourth-order valence-corrected chi connectivity index (χ4v) is 3.92. The number of ether oxygens (including phenoxy) is 1. The summed E-state index contributed by atoms with van der Waals surface area (Å²) in [7, 11) is 0. The van der Waals surface area contributed by atoms with Crippen molar-refractivity contribution >= 4 is 15.9 Å². The fourth-order valence-electron chi connectivity index (χ4n) is 3.47. The molecule has 0 bridgehead atoms. The van der Waals surface area contributed by atoms with E-state index in [0.29, 0.717) is 24.5 Å². The molecule has 2 aliphatic heterocycles. The normalized spacial score (nSPS) is 18.4. The second-order valence-electron chi connectivity index (χ2n) is 6.77. The molecule has 1 aromatic heterocycles. The SMILES string of the molecule is CC1(C)Cc2c(Br)ccc(-n3c(=O)n4n(c3=O)CCCC4)c2O1.